The summed E-state index contributed by atoms with van der Waals surface area (Å²) in [7, 11) is 0. The number of hydrogen-bond acceptors (Lipinski definition) is 3. The van der Waals surface area contributed by atoms with Gasteiger partial charge in [-0.05, 0) is 44.2 Å². The zero-order valence-corrected chi connectivity index (χ0v) is 12.4. The molecule has 0 radical (unpaired) electrons. The number of aliphatic hydroxyl groups excluding tert-OH is 1. The summed E-state index contributed by atoms with van der Waals surface area (Å²) in [5, 5.41) is 13.3. The van der Waals surface area contributed by atoms with E-state index in [1.165, 1.54) is 30.6 Å². The Bertz CT molecular complexity index is 436. The monoisotopic (exact) mass is 274 g/mol. The molecule has 2 aliphatic rings. The summed E-state index contributed by atoms with van der Waals surface area (Å²) in [5.74, 6) is 0.954. The Morgan fingerprint density at radius 1 is 1.20 bits per heavy atom. The summed E-state index contributed by atoms with van der Waals surface area (Å²) in [5.41, 5.74) is 2.54. The van der Waals surface area contributed by atoms with Crippen LogP contribution in [0, 0.1) is 5.92 Å². The Hall–Kier alpha value is -1.22. The van der Waals surface area contributed by atoms with Crippen LogP contribution in [0.5, 0.6) is 0 Å². The van der Waals surface area contributed by atoms with Gasteiger partial charge in [0.2, 0.25) is 0 Å². The fraction of sp³-hybridized carbons (Fsp3) is 0.647. The Kier molecular flexibility index (Phi) is 4.16. The first-order valence-corrected chi connectivity index (χ1v) is 8.01. The molecule has 3 rings (SSSR count). The molecule has 0 spiro atoms. The number of rotatable bonds is 5. The zero-order valence-electron chi connectivity index (χ0n) is 12.4. The van der Waals surface area contributed by atoms with Crippen LogP contribution in [0.2, 0.25) is 0 Å². The smallest absolute Gasteiger partial charge is 0.0602 e. The van der Waals surface area contributed by atoms with Gasteiger partial charge in [-0.25, -0.2) is 0 Å². The minimum absolute atomic E-state index is 0.111. The first-order valence-electron chi connectivity index (χ1n) is 8.01. The van der Waals surface area contributed by atoms with Crippen molar-refractivity contribution in [3.63, 3.8) is 0 Å². The fourth-order valence-electron chi connectivity index (χ4n) is 3.16. The first-order chi connectivity index (χ1) is 9.72. The highest BCUT2D eigenvalue weighted by atomic mass is 16.3. The maximum Gasteiger partial charge on any atom is 0.0602 e. The molecule has 0 bridgehead atoms. The molecule has 3 heteroatoms. The van der Waals surface area contributed by atoms with E-state index in [9.17, 15) is 5.11 Å². The molecule has 1 aliphatic heterocycles. The van der Waals surface area contributed by atoms with Gasteiger partial charge in [-0.15, -0.1) is 0 Å². The van der Waals surface area contributed by atoms with Crippen LogP contribution >= 0.6 is 0 Å². The van der Waals surface area contributed by atoms with Crippen LogP contribution in [0.1, 0.15) is 39.0 Å². The van der Waals surface area contributed by atoms with Gasteiger partial charge >= 0.3 is 0 Å². The van der Waals surface area contributed by atoms with Gasteiger partial charge in [0, 0.05) is 19.1 Å². The van der Waals surface area contributed by atoms with Gasteiger partial charge in [-0.2, -0.15) is 0 Å². The minimum atomic E-state index is -0.111. The largest absolute Gasteiger partial charge is 0.393 e. The van der Waals surface area contributed by atoms with E-state index in [-0.39, 0.29) is 6.10 Å². The standard InChI is InChI=1S/C17H26N2O/c1-13(12-14-6-7-14)18-16-4-2-3-5-17(16)19-10-8-15(20)9-11-19/h2-5,13-15,18,20H,6-12H2,1H3. The molecule has 0 aromatic heterocycles. The first kappa shape index (κ1) is 13.7. The fourth-order valence-corrected chi connectivity index (χ4v) is 3.16. The van der Waals surface area contributed by atoms with E-state index in [0.29, 0.717) is 6.04 Å². The third-order valence-corrected chi connectivity index (χ3v) is 4.49. The molecule has 0 amide bonds. The van der Waals surface area contributed by atoms with Crippen molar-refractivity contribution in [3.8, 4) is 0 Å². The second-order valence-corrected chi connectivity index (χ2v) is 6.46. The van der Waals surface area contributed by atoms with Crippen molar-refractivity contribution in [2.45, 2.75) is 51.2 Å². The van der Waals surface area contributed by atoms with Crippen LogP contribution in [0.15, 0.2) is 24.3 Å². The molecule has 1 aromatic carbocycles. The van der Waals surface area contributed by atoms with Crippen LogP contribution in [0.25, 0.3) is 0 Å². The van der Waals surface area contributed by atoms with Crippen LogP contribution in [-0.4, -0.2) is 30.3 Å². The molecule has 3 nitrogen and oxygen atoms in total. The van der Waals surface area contributed by atoms with Gasteiger partial charge in [0.05, 0.1) is 17.5 Å². The molecule has 1 saturated heterocycles. The Morgan fingerprint density at radius 3 is 2.60 bits per heavy atom. The lowest BCUT2D eigenvalue weighted by Crippen LogP contribution is -2.36. The van der Waals surface area contributed by atoms with Crippen molar-refractivity contribution in [2.24, 2.45) is 5.92 Å². The van der Waals surface area contributed by atoms with Crippen molar-refractivity contribution in [1.82, 2.24) is 0 Å². The number of nitrogens with zero attached hydrogens (tertiary/aromatic N) is 1. The molecular weight excluding hydrogens is 248 g/mol. The molecule has 2 N–H and O–H groups in total. The predicted octanol–water partition coefficient (Wildman–Crippen LogP) is 3.25. The topological polar surface area (TPSA) is 35.5 Å². The van der Waals surface area contributed by atoms with E-state index in [0.717, 1.165) is 31.8 Å². The van der Waals surface area contributed by atoms with E-state index in [1.807, 2.05) is 0 Å². The Labute approximate surface area is 122 Å². The number of benzene rings is 1. The lowest BCUT2D eigenvalue weighted by Gasteiger charge is -2.33. The Balaban J connectivity index is 1.67. The van der Waals surface area contributed by atoms with Gasteiger partial charge in [0.1, 0.15) is 0 Å². The normalized spacial score (nSPS) is 21.8. The molecule has 20 heavy (non-hydrogen) atoms. The summed E-state index contributed by atoms with van der Waals surface area (Å²) < 4.78 is 0. The molecule has 1 unspecified atom stereocenters. The highest BCUT2D eigenvalue weighted by Crippen LogP contribution is 2.35. The lowest BCUT2D eigenvalue weighted by molar-refractivity contribution is 0.145. The van der Waals surface area contributed by atoms with Gasteiger partial charge in [0.25, 0.3) is 0 Å². The summed E-state index contributed by atoms with van der Waals surface area (Å²) in [6, 6.07) is 9.14. The van der Waals surface area contributed by atoms with E-state index in [4.69, 9.17) is 0 Å². The van der Waals surface area contributed by atoms with Crippen LogP contribution in [0.3, 0.4) is 0 Å². The molecule has 2 fully saturated rings. The number of hydrogen-bond donors (Lipinski definition) is 2. The zero-order chi connectivity index (χ0) is 13.9. The van der Waals surface area contributed by atoms with Crippen LogP contribution < -0.4 is 10.2 Å². The van der Waals surface area contributed by atoms with Crippen molar-refractivity contribution in [1.29, 1.82) is 0 Å². The van der Waals surface area contributed by atoms with Gasteiger partial charge in [-0.1, -0.05) is 25.0 Å². The molecule has 1 aromatic rings. The van der Waals surface area contributed by atoms with E-state index < -0.39 is 0 Å². The summed E-state index contributed by atoms with van der Waals surface area (Å²) in [4.78, 5) is 2.40. The summed E-state index contributed by atoms with van der Waals surface area (Å²) in [6.07, 6.45) is 5.76. The van der Waals surface area contributed by atoms with Gasteiger partial charge < -0.3 is 15.3 Å². The lowest BCUT2D eigenvalue weighted by atomic mass is 10.1. The second kappa shape index (κ2) is 6.04. The van der Waals surface area contributed by atoms with Crippen molar-refractivity contribution >= 4 is 11.4 Å². The number of aliphatic hydroxyl groups is 1. The molecule has 1 aliphatic carbocycles. The van der Waals surface area contributed by atoms with Crippen molar-refractivity contribution in [2.75, 3.05) is 23.3 Å². The maximum atomic E-state index is 9.65. The highest BCUT2D eigenvalue weighted by Gasteiger charge is 2.24. The van der Waals surface area contributed by atoms with Crippen LogP contribution in [-0.2, 0) is 0 Å². The predicted molar refractivity (Wildman–Crippen MR) is 84.3 cm³/mol. The average Bonchev–Trinajstić information content (AvgIpc) is 3.24. The quantitative estimate of drug-likeness (QED) is 0.865. The van der Waals surface area contributed by atoms with E-state index in [1.54, 1.807) is 0 Å². The summed E-state index contributed by atoms with van der Waals surface area (Å²) in [6.45, 7) is 4.20. The minimum Gasteiger partial charge on any atom is -0.393 e. The number of anilines is 2. The second-order valence-electron chi connectivity index (χ2n) is 6.46. The van der Waals surface area contributed by atoms with Crippen LogP contribution in [0.4, 0.5) is 11.4 Å². The third-order valence-electron chi connectivity index (χ3n) is 4.49. The molecule has 110 valence electrons. The number of para-hydroxylation sites is 2. The van der Waals surface area contributed by atoms with E-state index >= 15 is 0 Å². The maximum absolute atomic E-state index is 9.65. The number of nitrogens with one attached hydrogen (secondary N) is 1. The third kappa shape index (κ3) is 3.45. The van der Waals surface area contributed by atoms with Gasteiger partial charge in [0.15, 0.2) is 0 Å². The molecule has 1 saturated carbocycles. The highest BCUT2D eigenvalue weighted by molar-refractivity contribution is 5.70. The van der Waals surface area contributed by atoms with E-state index in [2.05, 4.69) is 41.4 Å². The average molecular weight is 274 g/mol. The SMILES string of the molecule is CC(CC1CC1)Nc1ccccc1N1CCC(O)CC1. The summed E-state index contributed by atoms with van der Waals surface area (Å²) >= 11 is 0. The number of piperidine rings is 1. The molecule has 1 atom stereocenters. The van der Waals surface area contributed by atoms with Crippen molar-refractivity contribution < 1.29 is 5.11 Å². The molecule has 1 heterocycles. The van der Waals surface area contributed by atoms with Gasteiger partial charge in [-0.3, -0.25) is 0 Å². The molecular formula is C17H26N2O. The van der Waals surface area contributed by atoms with Crippen molar-refractivity contribution in [3.05, 3.63) is 24.3 Å². The Morgan fingerprint density at radius 2 is 1.90 bits per heavy atom.